The summed E-state index contributed by atoms with van der Waals surface area (Å²) in [6.45, 7) is 5.58. The van der Waals surface area contributed by atoms with Gasteiger partial charge in [0.1, 0.15) is 0 Å². The molecule has 19 heavy (non-hydrogen) atoms. The average molecular weight is 280 g/mol. The van der Waals surface area contributed by atoms with E-state index in [4.69, 9.17) is 16.3 Å². The van der Waals surface area contributed by atoms with E-state index >= 15 is 0 Å². The molecular formula is C14H18ClN3O. The number of hydrogen-bond donors (Lipinski definition) is 0. The van der Waals surface area contributed by atoms with Crippen LogP contribution in [0, 0.1) is 11.3 Å². The number of benzene rings is 1. The number of rotatable bonds is 5. The lowest BCUT2D eigenvalue weighted by atomic mass is 9.90. The minimum absolute atomic E-state index is 0.427. The van der Waals surface area contributed by atoms with E-state index in [1.165, 1.54) is 0 Å². The van der Waals surface area contributed by atoms with Gasteiger partial charge in [0.15, 0.2) is 5.54 Å². The summed E-state index contributed by atoms with van der Waals surface area (Å²) in [6, 6.07) is 9.16. The minimum atomic E-state index is -0.918. The summed E-state index contributed by atoms with van der Waals surface area (Å²) >= 11 is 5.79. The summed E-state index contributed by atoms with van der Waals surface area (Å²) in [5.41, 5.74) is -0.677. The van der Waals surface area contributed by atoms with Crippen LogP contribution in [0.15, 0.2) is 34.5 Å². The van der Waals surface area contributed by atoms with Gasteiger partial charge >= 0.3 is 0 Å². The van der Waals surface area contributed by atoms with E-state index in [-0.39, 0.29) is 0 Å². The van der Waals surface area contributed by atoms with Crippen LogP contribution < -0.4 is 0 Å². The van der Waals surface area contributed by atoms with E-state index in [2.05, 4.69) is 16.3 Å². The third kappa shape index (κ3) is 4.98. The van der Waals surface area contributed by atoms with Gasteiger partial charge in [0.05, 0.1) is 17.4 Å². The molecule has 0 aliphatic carbocycles. The number of nitriles is 1. The maximum Gasteiger partial charge on any atom is 0.167 e. The Hall–Kier alpha value is -1.44. The second-order valence-electron chi connectivity index (χ2n) is 5.20. The predicted molar refractivity (Wildman–Crippen MR) is 75.7 cm³/mol. The maximum atomic E-state index is 9.29. The molecule has 0 heterocycles. The number of ether oxygens (including phenoxy) is 1. The second kappa shape index (κ2) is 6.14. The molecule has 1 unspecified atom stereocenters. The smallest absolute Gasteiger partial charge is 0.167 e. The van der Waals surface area contributed by atoms with Crippen LogP contribution >= 0.6 is 11.6 Å². The highest BCUT2D eigenvalue weighted by Gasteiger charge is 2.32. The molecule has 0 saturated carbocycles. The minimum Gasteiger partial charge on any atom is -0.379 e. The van der Waals surface area contributed by atoms with Crippen molar-refractivity contribution in [3.8, 4) is 6.07 Å². The zero-order valence-electron chi connectivity index (χ0n) is 11.6. The zero-order chi connectivity index (χ0) is 14.5. The molecule has 0 N–H and O–H groups in total. The Kier molecular flexibility index (Phi) is 5.04. The SMILES string of the molecule is COC(C)(C)CC(C)(C#N)N=Nc1ccc(Cl)cc1. The van der Waals surface area contributed by atoms with Crippen molar-refractivity contribution in [1.82, 2.24) is 0 Å². The Morgan fingerprint density at radius 3 is 2.32 bits per heavy atom. The maximum absolute atomic E-state index is 9.29. The summed E-state index contributed by atoms with van der Waals surface area (Å²) in [6.07, 6.45) is 0.462. The zero-order valence-corrected chi connectivity index (χ0v) is 12.4. The Morgan fingerprint density at radius 2 is 1.84 bits per heavy atom. The molecular weight excluding hydrogens is 262 g/mol. The molecule has 0 bridgehead atoms. The van der Waals surface area contributed by atoms with E-state index in [1.807, 2.05) is 13.8 Å². The van der Waals surface area contributed by atoms with Crippen molar-refractivity contribution in [2.24, 2.45) is 10.2 Å². The predicted octanol–water partition coefficient (Wildman–Crippen LogP) is 4.52. The molecule has 1 atom stereocenters. The third-order valence-corrected chi connectivity index (χ3v) is 3.03. The highest BCUT2D eigenvalue weighted by molar-refractivity contribution is 6.30. The molecule has 1 aromatic carbocycles. The summed E-state index contributed by atoms with van der Waals surface area (Å²) < 4.78 is 5.33. The fraction of sp³-hybridized carbons (Fsp3) is 0.500. The molecule has 0 aliphatic heterocycles. The van der Waals surface area contributed by atoms with E-state index in [9.17, 15) is 5.26 Å². The summed E-state index contributed by atoms with van der Waals surface area (Å²) in [5.74, 6) is 0. The third-order valence-electron chi connectivity index (χ3n) is 2.78. The number of halogens is 1. The number of hydrogen-bond acceptors (Lipinski definition) is 4. The first kappa shape index (κ1) is 15.6. The molecule has 1 rings (SSSR count). The Morgan fingerprint density at radius 1 is 1.26 bits per heavy atom. The summed E-state index contributed by atoms with van der Waals surface area (Å²) in [5, 5.41) is 18.2. The molecule has 5 heteroatoms. The van der Waals surface area contributed by atoms with Crippen molar-refractivity contribution in [3.05, 3.63) is 29.3 Å². The highest BCUT2D eigenvalue weighted by atomic mass is 35.5. The van der Waals surface area contributed by atoms with Gasteiger partial charge in [0.25, 0.3) is 0 Å². The van der Waals surface area contributed by atoms with Crippen molar-refractivity contribution < 1.29 is 4.74 Å². The van der Waals surface area contributed by atoms with Gasteiger partial charge in [-0.3, -0.25) is 0 Å². The van der Waals surface area contributed by atoms with Crippen molar-refractivity contribution in [1.29, 1.82) is 5.26 Å². The van der Waals surface area contributed by atoms with Crippen LogP contribution in [0.3, 0.4) is 0 Å². The largest absolute Gasteiger partial charge is 0.379 e. The molecule has 0 saturated heterocycles. The second-order valence-corrected chi connectivity index (χ2v) is 5.64. The molecule has 0 aromatic heterocycles. The molecule has 0 aliphatic rings. The first-order valence-electron chi connectivity index (χ1n) is 5.95. The van der Waals surface area contributed by atoms with Crippen LogP contribution in [-0.4, -0.2) is 18.2 Å². The van der Waals surface area contributed by atoms with Crippen LogP contribution in [0.5, 0.6) is 0 Å². The van der Waals surface area contributed by atoms with E-state index in [1.54, 1.807) is 38.3 Å². The van der Waals surface area contributed by atoms with Crippen molar-refractivity contribution >= 4 is 17.3 Å². The monoisotopic (exact) mass is 279 g/mol. The van der Waals surface area contributed by atoms with E-state index in [0.717, 1.165) is 0 Å². The first-order chi connectivity index (χ1) is 8.80. The molecule has 102 valence electrons. The fourth-order valence-corrected chi connectivity index (χ4v) is 1.80. The van der Waals surface area contributed by atoms with Gasteiger partial charge in [0, 0.05) is 18.6 Å². The van der Waals surface area contributed by atoms with Gasteiger partial charge in [-0.05, 0) is 45.0 Å². The lowest BCUT2D eigenvalue weighted by Gasteiger charge is -2.28. The van der Waals surface area contributed by atoms with Gasteiger partial charge in [-0.25, -0.2) is 0 Å². The van der Waals surface area contributed by atoms with Gasteiger partial charge in [-0.15, -0.1) is 0 Å². The van der Waals surface area contributed by atoms with E-state index in [0.29, 0.717) is 17.1 Å². The Labute approximate surface area is 119 Å². The first-order valence-corrected chi connectivity index (χ1v) is 6.33. The fourth-order valence-electron chi connectivity index (χ4n) is 1.67. The average Bonchev–Trinajstić information content (AvgIpc) is 2.38. The quantitative estimate of drug-likeness (QED) is 0.744. The molecule has 0 radical (unpaired) electrons. The summed E-state index contributed by atoms with van der Waals surface area (Å²) in [7, 11) is 1.62. The number of methoxy groups -OCH3 is 1. The van der Waals surface area contributed by atoms with Crippen molar-refractivity contribution in [3.63, 3.8) is 0 Å². The van der Waals surface area contributed by atoms with Crippen LogP contribution in [-0.2, 0) is 4.74 Å². The van der Waals surface area contributed by atoms with E-state index < -0.39 is 11.1 Å². The Bertz CT molecular complexity index is 490. The van der Waals surface area contributed by atoms with Gasteiger partial charge < -0.3 is 4.74 Å². The van der Waals surface area contributed by atoms with Crippen LogP contribution in [0.2, 0.25) is 5.02 Å². The lowest BCUT2D eigenvalue weighted by Crippen LogP contribution is -2.34. The lowest BCUT2D eigenvalue weighted by molar-refractivity contribution is 0.00493. The van der Waals surface area contributed by atoms with Crippen molar-refractivity contribution in [2.75, 3.05) is 7.11 Å². The number of azo groups is 1. The number of nitrogens with zero attached hydrogens (tertiary/aromatic N) is 3. The molecule has 0 amide bonds. The van der Waals surface area contributed by atoms with Crippen LogP contribution in [0.25, 0.3) is 0 Å². The summed E-state index contributed by atoms with van der Waals surface area (Å²) in [4.78, 5) is 0. The molecule has 4 nitrogen and oxygen atoms in total. The normalized spacial score (nSPS) is 15.2. The van der Waals surface area contributed by atoms with Gasteiger partial charge in [0.2, 0.25) is 0 Å². The van der Waals surface area contributed by atoms with Crippen molar-refractivity contribution in [2.45, 2.75) is 38.3 Å². The highest BCUT2D eigenvalue weighted by Crippen LogP contribution is 2.27. The Balaban J connectivity index is 2.87. The van der Waals surface area contributed by atoms with Crippen LogP contribution in [0.4, 0.5) is 5.69 Å². The van der Waals surface area contributed by atoms with Crippen LogP contribution in [0.1, 0.15) is 27.2 Å². The van der Waals surface area contributed by atoms with Gasteiger partial charge in [-0.2, -0.15) is 15.5 Å². The standard InChI is InChI=1S/C14H18ClN3O/c1-13(2,19-4)9-14(3,10-16)18-17-12-7-5-11(15)6-8-12/h5-8H,9H2,1-4H3. The molecule has 1 aromatic rings. The molecule has 0 spiro atoms. The topological polar surface area (TPSA) is 57.7 Å². The molecule has 0 fully saturated rings. The van der Waals surface area contributed by atoms with Gasteiger partial charge in [-0.1, -0.05) is 11.6 Å².